The summed E-state index contributed by atoms with van der Waals surface area (Å²) in [5, 5.41) is 3.32. The molecule has 2 aromatic rings. The number of halogens is 1. The van der Waals surface area contributed by atoms with Crippen molar-refractivity contribution in [3.63, 3.8) is 0 Å². The quantitative estimate of drug-likeness (QED) is 0.854. The number of rotatable bonds is 5. The molecule has 1 aliphatic rings. The lowest BCUT2D eigenvalue weighted by Crippen LogP contribution is -2.33. The number of amides is 1. The van der Waals surface area contributed by atoms with Gasteiger partial charge in [-0.15, -0.1) is 0 Å². The summed E-state index contributed by atoms with van der Waals surface area (Å²) < 4.78 is 5.46. The van der Waals surface area contributed by atoms with Crippen LogP contribution in [0.4, 0.5) is 0 Å². The molecule has 0 heterocycles. The zero-order chi connectivity index (χ0) is 16.2. The zero-order valence-electron chi connectivity index (χ0n) is 12.4. The van der Waals surface area contributed by atoms with Crippen LogP contribution in [0.3, 0.4) is 0 Å². The van der Waals surface area contributed by atoms with Gasteiger partial charge in [-0.2, -0.15) is 0 Å². The monoisotopic (exact) mass is 329 g/mol. The van der Waals surface area contributed by atoms with E-state index in [0.717, 1.165) is 12.8 Å². The van der Waals surface area contributed by atoms with Crippen LogP contribution in [0, 0.1) is 0 Å². The van der Waals surface area contributed by atoms with Gasteiger partial charge in [0.25, 0.3) is 5.91 Å². The Balaban J connectivity index is 1.80. The lowest BCUT2D eigenvalue weighted by Gasteiger charge is -2.18. The SMILES string of the molecule is O=C(OC(C(=O)NC1CC1)c1ccccc1)c1cccc(Cl)c1. The van der Waals surface area contributed by atoms with Crippen molar-refractivity contribution >= 4 is 23.5 Å². The maximum atomic E-state index is 12.4. The second-order valence-corrected chi connectivity index (χ2v) is 5.93. The average molecular weight is 330 g/mol. The molecule has 1 fully saturated rings. The van der Waals surface area contributed by atoms with Crippen LogP contribution < -0.4 is 5.32 Å². The number of esters is 1. The Morgan fingerprint density at radius 2 is 1.83 bits per heavy atom. The Bertz CT molecular complexity index is 713. The van der Waals surface area contributed by atoms with Crippen molar-refractivity contribution in [1.29, 1.82) is 0 Å². The Morgan fingerprint density at radius 3 is 2.48 bits per heavy atom. The Morgan fingerprint density at radius 1 is 1.09 bits per heavy atom. The molecule has 1 unspecified atom stereocenters. The number of carbonyl (C=O) groups is 2. The second-order valence-electron chi connectivity index (χ2n) is 5.49. The summed E-state index contributed by atoms with van der Waals surface area (Å²) in [6.45, 7) is 0. The van der Waals surface area contributed by atoms with Crippen LogP contribution in [0.15, 0.2) is 54.6 Å². The van der Waals surface area contributed by atoms with Crippen LogP contribution in [0.5, 0.6) is 0 Å². The Labute approximate surface area is 139 Å². The molecule has 0 aliphatic heterocycles. The standard InChI is InChI=1S/C18H16ClNO3/c19-14-8-4-7-13(11-14)18(22)23-16(12-5-2-1-3-6-12)17(21)20-15-9-10-15/h1-8,11,15-16H,9-10H2,(H,20,21). The predicted octanol–water partition coefficient (Wildman–Crippen LogP) is 3.52. The summed E-state index contributed by atoms with van der Waals surface area (Å²) in [4.78, 5) is 24.7. The van der Waals surface area contributed by atoms with Crippen LogP contribution in [0.1, 0.15) is 34.9 Å². The number of carbonyl (C=O) groups excluding carboxylic acids is 2. The number of nitrogens with one attached hydrogen (secondary N) is 1. The highest BCUT2D eigenvalue weighted by Crippen LogP contribution is 2.24. The van der Waals surface area contributed by atoms with Gasteiger partial charge in [0.05, 0.1) is 5.56 Å². The number of hydrogen-bond acceptors (Lipinski definition) is 3. The van der Waals surface area contributed by atoms with Gasteiger partial charge in [-0.3, -0.25) is 4.79 Å². The fraction of sp³-hybridized carbons (Fsp3) is 0.222. The van der Waals surface area contributed by atoms with E-state index in [-0.39, 0.29) is 11.9 Å². The maximum Gasteiger partial charge on any atom is 0.339 e. The molecule has 5 heteroatoms. The van der Waals surface area contributed by atoms with Gasteiger partial charge in [-0.05, 0) is 31.0 Å². The molecule has 0 aromatic heterocycles. The molecule has 1 N–H and O–H groups in total. The van der Waals surface area contributed by atoms with E-state index in [0.29, 0.717) is 16.1 Å². The highest BCUT2D eigenvalue weighted by molar-refractivity contribution is 6.30. The van der Waals surface area contributed by atoms with Gasteiger partial charge in [0.2, 0.25) is 6.10 Å². The van der Waals surface area contributed by atoms with Crippen molar-refractivity contribution in [2.75, 3.05) is 0 Å². The minimum atomic E-state index is -0.969. The largest absolute Gasteiger partial charge is 0.444 e. The highest BCUT2D eigenvalue weighted by atomic mass is 35.5. The van der Waals surface area contributed by atoms with Gasteiger partial charge in [0.15, 0.2) is 0 Å². The van der Waals surface area contributed by atoms with E-state index in [1.54, 1.807) is 42.5 Å². The number of benzene rings is 2. The van der Waals surface area contributed by atoms with Crippen LogP contribution in [0.2, 0.25) is 5.02 Å². The molecule has 0 radical (unpaired) electrons. The van der Waals surface area contributed by atoms with Crippen molar-refractivity contribution in [3.05, 3.63) is 70.7 Å². The third kappa shape index (κ3) is 4.11. The first-order chi connectivity index (χ1) is 11.1. The highest BCUT2D eigenvalue weighted by Gasteiger charge is 2.31. The van der Waals surface area contributed by atoms with Gasteiger partial charge in [0, 0.05) is 16.6 Å². The molecule has 1 saturated carbocycles. The van der Waals surface area contributed by atoms with Crippen LogP contribution >= 0.6 is 11.6 Å². The predicted molar refractivity (Wildman–Crippen MR) is 87.2 cm³/mol. The minimum Gasteiger partial charge on any atom is -0.444 e. The maximum absolute atomic E-state index is 12.4. The summed E-state index contributed by atoms with van der Waals surface area (Å²) in [6.07, 6.45) is 0.966. The molecule has 0 bridgehead atoms. The van der Waals surface area contributed by atoms with E-state index >= 15 is 0 Å². The van der Waals surface area contributed by atoms with Gasteiger partial charge in [0.1, 0.15) is 0 Å². The topological polar surface area (TPSA) is 55.4 Å². The lowest BCUT2D eigenvalue weighted by atomic mass is 10.1. The smallest absolute Gasteiger partial charge is 0.339 e. The fourth-order valence-corrected chi connectivity index (χ4v) is 2.39. The van der Waals surface area contributed by atoms with E-state index in [9.17, 15) is 9.59 Å². The van der Waals surface area contributed by atoms with Crippen molar-refractivity contribution in [1.82, 2.24) is 5.32 Å². The first-order valence-electron chi connectivity index (χ1n) is 7.45. The van der Waals surface area contributed by atoms with E-state index in [1.807, 2.05) is 6.07 Å². The molecule has 3 rings (SSSR count). The molecular formula is C18H16ClNO3. The average Bonchev–Trinajstić information content (AvgIpc) is 3.37. The normalized spacial score (nSPS) is 14.8. The summed E-state index contributed by atoms with van der Waals surface area (Å²) in [5.41, 5.74) is 0.957. The first kappa shape index (κ1) is 15.6. The second kappa shape index (κ2) is 6.84. The Hall–Kier alpha value is -2.33. The summed E-state index contributed by atoms with van der Waals surface area (Å²) in [5.74, 6) is -0.874. The summed E-state index contributed by atoms with van der Waals surface area (Å²) in [7, 11) is 0. The summed E-state index contributed by atoms with van der Waals surface area (Å²) in [6, 6.07) is 15.6. The van der Waals surface area contributed by atoms with Gasteiger partial charge in [-0.1, -0.05) is 48.0 Å². The molecule has 1 aliphatic carbocycles. The van der Waals surface area contributed by atoms with Gasteiger partial charge >= 0.3 is 5.97 Å². The van der Waals surface area contributed by atoms with Crippen molar-refractivity contribution in [2.24, 2.45) is 0 Å². The molecule has 23 heavy (non-hydrogen) atoms. The van der Waals surface area contributed by atoms with E-state index < -0.39 is 12.1 Å². The lowest BCUT2D eigenvalue weighted by molar-refractivity contribution is -0.130. The molecular weight excluding hydrogens is 314 g/mol. The van der Waals surface area contributed by atoms with Crippen molar-refractivity contribution in [2.45, 2.75) is 25.0 Å². The fourth-order valence-electron chi connectivity index (χ4n) is 2.20. The number of hydrogen-bond donors (Lipinski definition) is 1. The molecule has 2 aromatic carbocycles. The van der Waals surface area contributed by atoms with Crippen LogP contribution in [0.25, 0.3) is 0 Å². The van der Waals surface area contributed by atoms with E-state index in [2.05, 4.69) is 5.32 Å². The molecule has 0 spiro atoms. The number of ether oxygens (including phenoxy) is 1. The molecule has 4 nitrogen and oxygen atoms in total. The molecule has 1 amide bonds. The van der Waals surface area contributed by atoms with E-state index in [1.165, 1.54) is 6.07 Å². The van der Waals surface area contributed by atoms with Crippen LogP contribution in [-0.2, 0) is 9.53 Å². The molecule has 1 atom stereocenters. The van der Waals surface area contributed by atoms with Crippen LogP contribution in [-0.4, -0.2) is 17.9 Å². The minimum absolute atomic E-state index is 0.193. The van der Waals surface area contributed by atoms with Gasteiger partial charge in [-0.25, -0.2) is 4.79 Å². The van der Waals surface area contributed by atoms with Crippen molar-refractivity contribution < 1.29 is 14.3 Å². The summed E-state index contributed by atoms with van der Waals surface area (Å²) >= 11 is 5.90. The van der Waals surface area contributed by atoms with Crippen molar-refractivity contribution in [3.8, 4) is 0 Å². The van der Waals surface area contributed by atoms with Gasteiger partial charge < -0.3 is 10.1 Å². The molecule has 0 saturated heterocycles. The zero-order valence-corrected chi connectivity index (χ0v) is 13.1. The Kier molecular flexibility index (Phi) is 4.63. The third-order valence-corrected chi connectivity index (χ3v) is 3.78. The first-order valence-corrected chi connectivity index (χ1v) is 7.83. The molecule has 118 valence electrons. The van der Waals surface area contributed by atoms with E-state index in [4.69, 9.17) is 16.3 Å². The third-order valence-electron chi connectivity index (χ3n) is 3.55.